The third-order valence-electron chi connectivity index (χ3n) is 1.91. The molecule has 88 valence electrons. The summed E-state index contributed by atoms with van der Waals surface area (Å²) in [7, 11) is 0. The van der Waals surface area contributed by atoms with Gasteiger partial charge in [0.1, 0.15) is 25.1 Å². The summed E-state index contributed by atoms with van der Waals surface area (Å²) in [6, 6.07) is 7.44. The fourth-order valence-corrected chi connectivity index (χ4v) is 1.18. The topological polar surface area (TPSA) is 55.8 Å². The smallest absolute Gasteiger partial charge is 0.403 e. The average Bonchev–Trinajstić information content (AvgIpc) is 2.25. The molecule has 1 aromatic carbocycles. The van der Waals surface area contributed by atoms with Crippen LogP contribution in [0.25, 0.3) is 0 Å². The Morgan fingerprint density at radius 3 is 2.75 bits per heavy atom. The van der Waals surface area contributed by atoms with Gasteiger partial charge in [0.25, 0.3) is 0 Å². The fraction of sp³-hybridized carbons (Fsp3) is 0.364. The molecule has 1 unspecified atom stereocenters. The zero-order valence-corrected chi connectivity index (χ0v) is 9.61. The Bertz CT molecular complexity index is 354. The molecule has 0 saturated carbocycles. The molecule has 0 saturated heterocycles. The number of aliphatic hydroxyl groups excluding tert-OH is 1. The number of benzene rings is 1. The van der Waals surface area contributed by atoms with Crippen molar-refractivity contribution in [3.05, 3.63) is 29.8 Å². The van der Waals surface area contributed by atoms with Gasteiger partial charge in [-0.05, 0) is 18.6 Å². The molecule has 0 radical (unpaired) electrons. The van der Waals surface area contributed by atoms with Crippen LogP contribution in [0.4, 0.5) is 4.79 Å². The quantitative estimate of drug-likeness (QED) is 0.806. The van der Waals surface area contributed by atoms with E-state index in [0.29, 0.717) is 5.75 Å². The predicted octanol–water partition coefficient (Wildman–Crippen LogP) is 2.11. The molecule has 0 spiro atoms. The van der Waals surface area contributed by atoms with Crippen molar-refractivity contribution >= 4 is 17.0 Å². The van der Waals surface area contributed by atoms with Gasteiger partial charge in [-0.1, -0.05) is 18.2 Å². The van der Waals surface area contributed by atoms with Crippen molar-refractivity contribution in [1.82, 2.24) is 0 Å². The van der Waals surface area contributed by atoms with Crippen LogP contribution in [-0.4, -0.2) is 29.9 Å². The zero-order valence-electron chi connectivity index (χ0n) is 8.85. The van der Waals surface area contributed by atoms with E-state index in [9.17, 15) is 9.90 Å². The maximum atomic E-state index is 10.3. The summed E-state index contributed by atoms with van der Waals surface area (Å²) in [5.41, 5.74) is 0.0407. The van der Waals surface area contributed by atoms with E-state index >= 15 is 0 Å². The van der Waals surface area contributed by atoms with Crippen molar-refractivity contribution in [2.75, 3.05) is 13.2 Å². The second kappa shape index (κ2) is 6.35. The Morgan fingerprint density at radius 2 is 2.12 bits per heavy atom. The zero-order chi connectivity index (χ0) is 12.0. The minimum absolute atomic E-state index is 0.0506. The summed E-state index contributed by atoms with van der Waals surface area (Å²) in [5, 5.41) is 9.39. The molecule has 16 heavy (non-hydrogen) atoms. The molecule has 1 aromatic rings. The summed E-state index contributed by atoms with van der Waals surface area (Å²) in [5.74, 6) is 0.693. The largest absolute Gasteiger partial charge is 0.490 e. The molecule has 0 aliphatic carbocycles. The minimum Gasteiger partial charge on any atom is -0.490 e. The van der Waals surface area contributed by atoms with Crippen LogP contribution < -0.4 is 4.74 Å². The van der Waals surface area contributed by atoms with Crippen LogP contribution in [0, 0.1) is 6.92 Å². The maximum Gasteiger partial charge on any atom is 0.403 e. The Balaban J connectivity index is 2.34. The molecule has 5 heteroatoms. The van der Waals surface area contributed by atoms with Gasteiger partial charge in [0.15, 0.2) is 0 Å². The molecule has 1 rings (SSSR count). The van der Waals surface area contributed by atoms with Gasteiger partial charge >= 0.3 is 5.43 Å². The molecule has 0 bridgehead atoms. The summed E-state index contributed by atoms with van der Waals surface area (Å²) in [6.07, 6.45) is -0.887. The lowest BCUT2D eigenvalue weighted by atomic mass is 10.2. The van der Waals surface area contributed by atoms with Gasteiger partial charge in [0.05, 0.1) is 0 Å². The number of carbonyl (C=O) groups excluding carboxylic acids is 1. The van der Waals surface area contributed by atoms with E-state index in [2.05, 4.69) is 4.74 Å². The second-order valence-corrected chi connectivity index (χ2v) is 3.59. The average molecular weight is 245 g/mol. The van der Waals surface area contributed by atoms with Crippen LogP contribution in [0.2, 0.25) is 0 Å². The summed E-state index contributed by atoms with van der Waals surface area (Å²) in [4.78, 5) is 10.3. The first-order valence-corrected chi connectivity index (χ1v) is 5.16. The van der Waals surface area contributed by atoms with E-state index in [-0.39, 0.29) is 13.2 Å². The highest BCUT2D eigenvalue weighted by Gasteiger charge is 2.08. The number of hydrogen-bond donors (Lipinski definition) is 1. The van der Waals surface area contributed by atoms with Crippen molar-refractivity contribution < 1.29 is 19.4 Å². The number of halogens is 1. The molecule has 0 heterocycles. The Morgan fingerprint density at radius 1 is 1.44 bits per heavy atom. The van der Waals surface area contributed by atoms with Crippen molar-refractivity contribution in [1.29, 1.82) is 0 Å². The number of rotatable bonds is 5. The van der Waals surface area contributed by atoms with Crippen molar-refractivity contribution in [2.45, 2.75) is 13.0 Å². The number of aliphatic hydroxyl groups is 1. The molecule has 0 amide bonds. The molecule has 1 N–H and O–H groups in total. The lowest BCUT2D eigenvalue weighted by molar-refractivity contribution is 0.0466. The Hall–Kier alpha value is -1.26. The van der Waals surface area contributed by atoms with Crippen LogP contribution in [0.3, 0.4) is 0 Å². The second-order valence-electron chi connectivity index (χ2n) is 3.28. The highest BCUT2D eigenvalue weighted by molar-refractivity contribution is 6.61. The monoisotopic (exact) mass is 244 g/mol. The standard InChI is InChI=1S/C11H13ClO4/c1-8-4-2-3-5-10(8)15-6-9(13)7-16-11(12)14/h2-5,9,13H,6-7H2,1H3. The first-order valence-electron chi connectivity index (χ1n) is 4.78. The Labute approximate surface area is 98.7 Å². The molecule has 4 nitrogen and oxygen atoms in total. The summed E-state index contributed by atoms with van der Waals surface area (Å²) >= 11 is 4.95. The van der Waals surface area contributed by atoms with Crippen LogP contribution in [-0.2, 0) is 4.74 Å². The molecule has 0 aliphatic heterocycles. The maximum absolute atomic E-state index is 10.3. The summed E-state index contributed by atoms with van der Waals surface area (Å²) < 4.78 is 9.77. The van der Waals surface area contributed by atoms with Crippen molar-refractivity contribution in [3.63, 3.8) is 0 Å². The van der Waals surface area contributed by atoms with E-state index in [1.165, 1.54) is 0 Å². The molecule has 1 atom stereocenters. The predicted molar refractivity (Wildman–Crippen MR) is 59.9 cm³/mol. The number of para-hydroxylation sites is 1. The van der Waals surface area contributed by atoms with Crippen LogP contribution in [0.5, 0.6) is 5.75 Å². The van der Waals surface area contributed by atoms with Crippen LogP contribution in [0.1, 0.15) is 5.56 Å². The third kappa shape index (κ3) is 4.51. The van der Waals surface area contributed by atoms with Gasteiger partial charge in [0.2, 0.25) is 0 Å². The number of hydrogen-bond acceptors (Lipinski definition) is 4. The van der Waals surface area contributed by atoms with Gasteiger partial charge in [-0.2, -0.15) is 0 Å². The van der Waals surface area contributed by atoms with E-state index in [0.717, 1.165) is 5.56 Å². The van der Waals surface area contributed by atoms with Gasteiger partial charge in [-0.25, -0.2) is 4.79 Å². The van der Waals surface area contributed by atoms with Gasteiger partial charge in [-0.3, -0.25) is 0 Å². The van der Waals surface area contributed by atoms with E-state index in [4.69, 9.17) is 16.3 Å². The van der Waals surface area contributed by atoms with Crippen LogP contribution in [0.15, 0.2) is 24.3 Å². The van der Waals surface area contributed by atoms with Crippen LogP contribution >= 0.6 is 11.6 Å². The third-order valence-corrected chi connectivity index (χ3v) is 2.02. The lowest BCUT2D eigenvalue weighted by Gasteiger charge is -2.13. The molecule has 0 fully saturated rings. The lowest BCUT2D eigenvalue weighted by Crippen LogP contribution is -2.24. The van der Waals surface area contributed by atoms with Gasteiger partial charge in [-0.15, -0.1) is 0 Å². The number of aryl methyl sites for hydroxylation is 1. The normalized spacial score (nSPS) is 11.9. The molecule has 0 aliphatic rings. The van der Waals surface area contributed by atoms with E-state index in [1.54, 1.807) is 6.07 Å². The Kier molecular flexibility index (Phi) is 5.08. The van der Waals surface area contributed by atoms with Gasteiger partial charge in [0, 0.05) is 11.6 Å². The SMILES string of the molecule is Cc1ccccc1OCC(O)COC(=O)Cl. The molecular formula is C11H13ClO4. The molecular weight excluding hydrogens is 232 g/mol. The fourth-order valence-electron chi connectivity index (χ4n) is 1.11. The first kappa shape index (κ1) is 12.8. The highest BCUT2D eigenvalue weighted by Crippen LogP contribution is 2.16. The highest BCUT2D eigenvalue weighted by atomic mass is 35.5. The molecule has 0 aromatic heterocycles. The summed E-state index contributed by atoms with van der Waals surface area (Å²) in [6.45, 7) is 1.78. The number of ether oxygens (including phenoxy) is 2. The minimum atomic E-state index is -0.935. The van der Waals surface area contributed by atoms with Crippen molar-refractivity contribution in [3.8, 4) is 5.75 Å². The number of carbonyl (C=O) groups is 1. The van der Waals surface area contributed by atoms with Gasteiger partial charge < -0.3 is 14.6 Å². The van der Waals surface area contributed by atoms with Crippen molar-refractivity contribution in [2.24, 2.45) is 0 Å². The first-order chi connectivity index (χ1) is 7.59. The van der Waals surface area contributed by atoms with E-state index in [1.807, 2.05) is 25.1 Å². The van der Waals surface area contributed by atoms with E-state index < -0.39 is 11.5 Å².